The Balaban J connectivity index is 2.79. The molecule has 1 heterocycles. The molecule has 1 aromatic heterocycles. The standard InChI is InChI=1S/C8H10BrN3S/c1-5-3-7(11-4-6(5)9)12-8(13)10-2/h3-4H,1-2H3,(H2,10,11,12,13). The van der Waals surface area contributed by atoms with Crippen LogP contribution in [0.1, 0.15) is 5.56 Å². The number of halogens is 1. The minimum Gasteiger partial charge on any atom is -0.365 e. The molecule has 0 aliphatic rings. The van der Waals surface area contributed by atoms with Gasteiger partial charge >= 0.3 is 0 Å². The van der Waals surface area contributed by atoms with Gasteiger partial charge < -0.3 is 10.6 Å². The first-order valence-electron chi connectivity index (χ1n) is 3.74. The van der Waals surface area contributed by atoms with E-state index in [1.165, 1.54) is 0 Å². The predicted molar refractivity (Wildman–Crippen MR) is 62.0 cm³/mol. The lowest BCUT2D eigenvalue weighted by Gasteiger charge is -2.06. The van der Waals surface area contributed by atoms with Crippen molar-refractivity contribution < 1.29 is 0 Å². The summed E-state index contributed by atoms with van der Waals surface area (Å²) >= 11 is 8.31. The van der Waals surface area contributed by atoms with Crippen molar-refractivity contribution in [2.75, 3.05) is 12.4 Å². The summed E-state index contributed by atoms with van der Waals surface area (Å²) in [5.74, 6) is 0.750. The second-order valence-corrected chi connectivity index (χ2v) is 3.79. The number of thiocarbonyl (C=S) groups is 1. The number of pyridine rings is 1. The molecule has 0 saturated carbocycles. The highest BCUT2D eigenvalue weighted by atomic mass is 79.9. The van der Waals surface area contributed by atoms with E-state index in [0.29, 0.717) is 5.11 Å². The van der Waals surface area contributed by atoms with Crippen LogP contribution < -0.4 is 10.6 Å². The zero-order valence-electron chi connectivity index (χ0n) is 7.39. The maximum Gasteiger partial charge on any atom is 0.171 e. The number of rotatable bonds is 1. The number of nitrogens with one attached hydrogen (secondary N) is 2. The molecule has 0 amide bonds. The first-order valence-corrected chi connectivity index (χ1v) is 4.94. The zero-order valence-corrected chi connectivity index (χ0v) is 9.79. The molecule has 13 heavy (non-hydrogen) atoms. The molecule has 0 fully saturated rings. The molecular weight excluding hydrogens is 250 g/mol. The predicted octanol–water partition coefficient (Wildman–Crippen LogP) is 2.07. The van der Waals surface area contributed by atoms with E-state index < -0.39 is 0 Å². The Morgan fingerprint density at radius 2 is 2.31 bits per heavy atom. The van der Waals surface area contributed by atoms with Crippen molar-refractivity contribution in [2.24, 2.45) is 0 Å². The summed E-state index contributed by atoms with van der Waals surface area (Å²) < 4.78 is 0.994. The molecule has 5 heteroatoms. The van der Waals surface area contributed by atoms with E-state index in [1.54, 1.807) is 13.2 Å². The molecule has 1 rings (SSSR count). The zero-order chi connectivity index (χ0) is 9.84. The molecule has 3 nitrogen and oxygen atoms in total. The van der Waals surface area contributed by atoms with Crippen LogP contribution in [0.15, 0.2) is 16.7 Å². The second-order valence-electron chi connectivity index (χ2n) is 2.52. The third-order valence-electron chi connectivity index (χ3n) is 1.52. The molecule has 1 aromatic rings. The minimum absolute atomic E-state index is 0.564. The average molecular weight is 260 g/mol. The van der Waals surface area contributed by atoms with E-state index >= 15 is 0 Å². The molecule has 0 unspecified atom stereocenters. The molecule has 0 bridgehead atoms. The summed E-state index contributed by atoms with van der Waals surface area (Å²) in [7, 11) is 1.76. The van der Waals surface area contributed by atoms with Crippen LogP contribution in [0.2, 0.25) is 0 Å². The Morgan fingerprint density at radius 1 is 1.62 bits per heavy atom. The summed E-state index contributed by atoms with van der Waals surface area (Å²) in [6, 6.07) is 1.92. The fourth-order valence-electron chi connectivity index (χ4n) is 0.787. The van der Waals surface area contributed by atoms with Crippen molar-refractivity contribution in [2.45, 2.75) is 6.92 Å². The lowest BCUT2D eigenvalue weighted by atomic mass is 10.3. The third-order valence-corrected chi connectivity index (χ3v) is 2.65. The Morgan fingerprint density at radius 3 is 2.85 bits per heavy atom. The molecule has 2 N–H and O–H groups in total. The van der Waals surface area contributed by atoms with Gasteiger partial charge in [0.25, 0.3) is 0 Å². The highest BCUT2D eigenvalue weighted by Crippen LogP contribution is 2.16. The van der Waals surface area contributed by atoms with E-state index in [0.717, 1.165) is 15.9 Å². The van der Waals surface area contributed by atoms with Gasteiger partial charge in [-0.25, -0.2) is 4.98 Å². The molecule has 0 saturated heterocycles. The monoisotopic (exact) mass is 259 g/mol. The quantitative estimate of drug-likeness (QED) is 0.758. The van der Waals surface area contributed by atoms with Crippen LogP contribution >= 0.6 is 28.1 Å². The van der Waals surface area contributed by atoms with Crippen LogP contribution in [0.25, 0.3) is 0 Å². The third kappa shape index (κ3) is 2.93. The number of hydrogen-bond donors (Lipinski definition) is 2. The van der Waals surface area contributed by atoms with Crippen LogP contribution in [0.3, 0.4) is 0 Å². The number of aromatic nitrogens is 1. The van der Waals surface area contributed by atoms with Crippen molar-refractivity contribution in [3.05, 3.63) is 22.3 Å². The smallest absolute Gasteiger partial charge is 0.171 e. The van der Waals surface area contributed by atoms with Gasteiger partial charge in [-0.1, -0.05) is 0 Å². The topological polar surface area (TPSA) is 37.0 Å². The van der Waals surface area contributed by atoms with Gasteiger partial charge in [-0.05, 0) is 46.7 Å². The van der Waals surface area contributed by atoms with Crippen LogP contribution in [0.5, 0.6) is 0 Å². The van der Waals surface area contributed by atoms with Gasteiger partial charge in [0.05, 0.1) is 0 Å². The maximum atomic E-state index is 4.94. The summed E-state index contributed by atoms with van der Waals surface area (Å²) in [5, 5.41) is 6.33. The van der Waals surface area contributed by atoms with E-state index in [9.17, 15) is 0 Å². The number of hydrogen-bond acceptors (Lipinski definition) is 2. The highest BCUT2D eigenvalue weighted by molar-refractivity contribution is 9.10. The van der Waals surface area contributed by atoms with E-state index in [-0.39, 0.29) is 0 Å². The highest BCUT2D eigenvalue weighted by Gasteiger charge is 1.99. The van der Waals surface area contributed by atoms with Gasteiger partial charge in [-0.2, -0.15) is 0 Å². The first-order chi connectivity index (χ1) is 6.13. The van der Waals surface area contributed by atoms with Crippen LogP contribution in [-0.2, 0) is 0 Å². The molecule has 0 aliphatic carbocycles. The van der Waals surface area contributed by atoms with Gasteiger partial charge in [-0.15, -0.1) is 0 Å². The summed E-state index contributed by atoms with van der Waals surface area (Å²) in [6.07, 6.45) is 1.75. The van der Waals surface area contributed by atoms with Crippen molar-refractivity contribution >= 4 is 39.1 Å². The fraction of sp³-hybridized carbons (Fsp3) is 0.250. The van der Waals surface area contributed by atoms with Gasteiger partial charge in [-0.3, -0.25) is 0 Å². The number of anilines is 1. The van der Waals surface area contributed by atoms with Crippen LogP contribution in [0, 0.1) is 6.92 Å². The Bertz CT molecular complexity index is 327. The Kier molecular flexibility index (Phi) is 3.62. The van der Waals surface area contributed by atoms with Crippen LogP contribution in [0.4, 0.5) is 5.82 Å². The maximum absolute atomic E-state index is 4.94. The Hall–Kier alpha value is -0.680. The first kappa shape index (κ1) is 10.4. The van der Waals surface area contributed by atoms with Crippen molar-refractivity contribution in [1.29, 1.82) is 0 Å². The van der Waals surface area contributed by atoms with E-state index in [4.69, 9.17) is 12.2 Å². The summed E-state index contributed by atoms with van der Waals surface area (Å²) in [5.41, 5.74) is 1.12. The summed E-state index contributed by atoms with van der Waals surface area (Å²) in [6.45, 7) is 2.00. The van der Waals surface area contributed by atoms with Crippen molar-refractivity contribution in [3.8, 4) is 0 Å². The second kappa shape index (κ2) is 4.53. The Labute approximate surface area is 91.1 Å². The molecular formula is C8H10BrN3S. The van der Waals surface area contributed by atoms with Gasteiger partial charge in [0, 0.05) is 17.7 Å². The normalized spacial score (nSPS) is 9.46. The largest absolute Gasteiger partial charge is 0.365 e. The molecule has 70 valence electrons. The van der Waals surface area contributed by atoms with E-state index in [1.807, 2.05) is 13.0 Å². The van der Waals surface area contributed by atoms with Crippen molar-refractivity contribution in [1.82, 2.24) is 10.3 Å². The fourth-order valence-corrected chi connectivity index (χ4v) is 1.11. The van der Waals surface area contributed by atoms with Crippen molar-refractivity contribution in [3.63, 3.8) is 0 Å². The number of nitrogens with zero attached hydrogens (tertiary/aromatic N) is 1. The lowest BCUT2D eigenvalue weighted by molar-refractivity contribution is 1.18. The SMILES string of the molecule is CNC(=S)Nc1cc(C)c(Br)cn1. The molecule has 0 aromatic carbocycles. The summed E-state index contributed by atoms with van der Waals surface area (Å²) in [4.78, 5) is 4.14. The van der Waals surface area contributed by atoms with Crippen LogP contribution in [-0.4, -0.2) is 17.1 Å². The van der Waals surface area contributed by atoms with Gasteiger partial charge in [0.15, 0.2) is 5.11 Å². The molecule has 0 spiro atoms. The molecule has 0 radical (unpaired) electrons. The lowest BCUT2D eigenvalue weighted by Crippen LogP contribution is -2.24. The molecule has 0 atom stereocenters. The molecule has 0 aliphatic heterocycles. The van der Waals surface area contributed by atoms with Gasteiger partial charge in [0.2, 0.25) is 0 Å². The minimum atomic E-state index is 0.564. The number of aryl methyl sites for hydroxylation is 1. The van der Waals surface area contributed by atoms with E-state index in [2.05, 4.69) is 31.5 Å². The van der Waals surface area contributed by atoms with Gasteiger partial charge in [0.1, 0.15) is 5.82 Å². The average Bonchev–Trinajstić information content (AvgIpc) is 2.11.